The SMILES string of the molecule is CC(C)C(C#N)Cc1ccc2c(c1)CCN2C. The van der Waals surface area contributed by atoms with Crippen molar-refractivity contribution in [3.8, 4) is 6.07 Å². The van der Waals surface area contributed by atoms with E-state index in [9.17, 15) is 0 Å². The second kappa shape index (κ2) is 4.79. The van der Waals surface area contributed by atoms with Gasteiger partial charge in [0, 0.05) is 19.3 Å². The maximum absolute atomic E-state index is 9.14. The molecule has 0 spiro atoms. The first-order valence-electron chi connectivity index (χ1n) is 6.34. The molecule has 0 fully saturated rings. The molecule has 1 aliphatic rings. The molecule has 0 aliphatic carbocycles. The molecule has 0 N–H and O–H groups in total. The van der Waals surface area contributed by atoms with E-state index in [0.29, 0.717) is 5.92 Å². The van der Waals surface area contributed by atoms with Crippen LogP contribution in [-0.4, -0.2) is 13.6 Å². The van der Waals surface area contributed by atoms with Gasteiger partial charge in [0.25, 0.3) is 0 Å². The average Bonchev–Trinajstić information content (AvgIpc) is 2.67. The van der Waals surface area contributed by atoms with Crippen molar-refractivity contribution in [2.45, 2.75) is 26.7 Å². The third-order valence-corrected chi connectivity index (χ3v) is 3.70. The normalized spacial score (nSPS) is 15.8. The highest BCUT2D eigenvalue weighted by Crippen LogP contribution is 2.28. The molecule has 90 valence electrons. The molecule has 1 aromatic carbocycles. The Bertz CT molecular complexity index is 443. The predicted octanol–water partition coefficient (Wildman–Crippen LogP) is 3.02. The second-order valence-electron chi connectivity index (χ2n) is 5.32. The highest BCUT2D eigenvalue weighted by molar-refractivity contribution is 5.58. The molecule has 1 heterocycles. The zero-order valence-corrected chi connectivity index (χ0v) is 10.9. The van der Waals surface area contributed by atoms with Crippen LogP contribution in [0, 0.1) is 23.2 Å². The molecule has 0 saturated heterocycles. The van der Waals surface area contributed by atoms with E-state index in [1.165, 1.54) is 16.8 Å². The van der Waals surface area contributed by atoms with Crippen molar-refractivity contribution in [1.29, 1.82) is 5.26 Å². The Labute approximate surface area is 104 Å². The van der Waals surface area contributed by atoms with Gasteiger partial charge in [-0.25, -0.2) is 0 Å². The fraction of sp³-hybridized carbons (Fsp3) is 0.533. The molecule has 0 aromatic heterocycles. The van der Waals surface area contributed by atoms with E-state index < -0.39 is 0 Å². The molecule has 0 saturated carbocycles. The van der Waals surface area contributed by atoms with Gasteiger partial charge in [-0.3, -0.25) is 0 Å². The van der Waals surface area contributed by atoms with Crippen LogP contribution < -0.4 is 4.90 Å². The second-order valence-corrected chi connectivity index (χ2v) is 5.32. The first-order chi connectivity index (χ1) is 8.11. The zero-order valence-electron chi connectivity index (χ0n) is 10.9. The van der Waals surface area contributed by atoms with Crippen molar-refractivity contribution < 1.29 is 0 Å². The Morgan fingerprint density at radius 2 is 2.18 bits per heavy atom. The predicted molar refractivity (Wildman–Crippen MR) is 71.1 cm³/mol. The number of anilines is 1. The Balaban J connectivity index is 2.17. The molecular weight excluding hydrogens is 208 g/mol. The summed E-state index contributed by atoms with van der Waals surface area (Å²) in [7, 11) is 2.14. The van der Waals surface area contributed by atoms with Crippen molar-refractivity contribution in [2.75, 3.05) is 18.5 Å². The van der Waals surface area contributed by atoms with Crippen molar-refractivity contribution in [2.24, 2.45) is 11.8 Å². The summed E-state index contributed by atoms with van der Waals surface area (Å²) in [5.41, 5.74) is 4.09. The summed E-state index contributed by atoms with van der Waals surface area (Å²) >= 11 is 0. The molecule has 2 heteroatoms. The van der Waals surface area contributed by atoms with Crippen LogP contribution in [0.15, 0.2) is 18.2 Å². The van der Waals surface area contributed by atoms with Crippen molar-refractivity contribution in [1.82, 2.24) is 0 Å². The quantitative estimate of drug-likeness (QED) is 0.795. The van der Waals surface area contributed by atoms with Crippen LogP contribution in [0.2, 0.25) is 0 Å². The van der Waals surface area contributed by atoms with Gasteiger partial charge >= 0.3 is 0 Å². The average molecular weight is 228 g/mol. The van der Waals surface area contributed by atoms with Crippen molar-refractivity contribution >= 4 is 5.69 Å². The Kier molecular flexibility index (Phi) is 3.38. The highest BCUT2D eigenvalue weighted by Gasteiger charge is 2.18. The number of likely N-dealkylation sites (N-methyl/N-ethyl adjacent to an activating group) is 1. The van der Waals surface area contributed by atoms with Gasteiger partial charge in [0.05, 0.1) is 12.0 Å². The maximum atomic E-state index is 9.14. The summed E-state index contributed by atoms with van der Waals surface area (Å²) in [6.07, 6.45) is 2.02. The Morgan fingerprint density at radius 3 is 2.82 bits per heavy atom. The van der Waals surface area contributed by atoms with E-state index in [1.54, 1.807) is 0 Å². The summed E-state index contributed by atoms with van der Waals surface area (Å²) in [6.45, 7) is 5.36. The van der Waals surface area contributed by atoms with Gasteiger partial charge in [-0.05, 0) is 36.0 Å². The largest absolute Gasteiger partial charge is 0.374 e. The van der Waals surface area contributed by atoms with E-state index in [1.807, 2.05) is 0 Å². The number of nitrogens with zero attached hydrogens (tertiary/aromatic N) is 2. The highest BCUT2D eigenvalue weighted by atomic mass is 15.1. The minimum atomic E-state index is 0.132. The smallest absolute Gasteiger partial charge is 0.0661 e. The Hall–Kier alpha value is -1.49. The van der Waals surface area contributed by atoms with Gasteiger partial charge in [-0.1, -0.05) is 26.0 Å². The standard InChI is InChI=1S/C15H20N2/c1-11(2)14(10-16)9-12-4-5-15-13(8-12)6-7-17(15)3/h4-5,8,11,14H,6-7,9H2,1-3H3. The molecule has 1 atom stereocenters. The summed E-state index contributed by atoms with van der Waals surface area (Å²) in [5.74, 6) is 0.558. The lowest BCUT2D eigenvalue weighted by atomic mass is 9.90. The van der Waals surface area contributed by atoms with E-state index in [2.05, 4.69) is 50.1 Å². The van der Waals surface area contributed by atoms with Crippen LogP contribution in [0.1, 0.15) is 25.0 Å². The van der Waals surface area contributed by atoms with E-state index in [0.717, 1.165) is 19.4 Å². The fourth-order valence-electron chi connectivity index (χ4n) is 2.43. The van der Waals surface area contributed by atoms with Crippen LogP contribution >= 0.6 is 0 Å². The number of hydrogen-bond donors (Lipinski definition) is 0. The van der Waals surface area contributed by atoms with Gasteiger partial charge in [-0.2, -0.15) is 5.26 Å². The number of fused-ring (bicyclic) bond motifs is 1. The molecule has 0 bridgehead atoms. The molecule has 2 nitrogen and oxygen atoms in total. The number of nitriles is 1. The fourth-order valence-corrected chi connectivity index (χ4v) is 2.43. The number of benzene rings is 1. The molecule has 0 amide bonds. The van der Waals surface area contributed by atoms with E-state index in [-0.39, 0.29) is 5.92 Å². The van der Waals surface area contributed by atoms with Crippen LogP contribution in [0.5, 0.6) is 0 Å². The van der Waals surface area contributed by atoms with Crippen LogP contribution in [-0.2, 0) is 12.8 Å². The Morgan fingerprint density at radius 1 is 1.41 bits per heavy atom. The summed E-state index contributed by atoms with van der Waals surface area (Å²) in [4.78, 5) is 2.29. The van der Waals surface area contributed by atoms with Gasteiger partial charge in [0.1, 0.15) is 0 Å². The topological polar surface area (TPSA) is 27.0 Å². The van der Waals surface area contributed by atoms with Gasteiger partial charge in [0.15, 0.2) is 0 Å². The lowest BCUT2D eigenvalue weighted by Gasteiger charge is -2.15. The van der Waals surface area contributed by atoms with Gasteiger partial charge < -0.3 is 4.90 Å². The summed E-state index contributed by atoms with van der Waals surface area (Å²) in [5, 5.41) is 9.14. The van der Waals surface area contributed by atoms with Crippen LogP contribution in [0.25, 0.3) is 0 Å². The maximum Gasteiger partial charge on any atom is 0.0661 e. The number of hydrogen-bond acceptors (Lipinski definition) is 2. The monoisotopic (exact) mass is 228 g/mol. The van der Waals surface area contributed by atoms with Crippen molar-refractivity contribution in [3.05, 3.63) is 29.3 Å². The molecule has 2 rings (SSSR count). The lowest BCUT2D eigenvalue weighted by Crippen LogP contribution is -2.12. The van der Waals surface area contributed by atoms with Crippen LogP contribution in [0.3, 0.4) is 0 Å². The van der Waals surface area contributed by atoms with E-state index >= 15 is 0 Å². The molecule has 0 radical (unpaired) electrons. The minimum absolute atomic E-state index is 0.132. The van der Waals surface area contributed by atoms with Crippen LogP contribution in [0.4, 0.5) is 5.69 Å². The van der Waals surface area contributed by atoms with E-state index in [4.69, 9.17) is 5.26 Å². The number of rotatable bonds is 3. The zero-order chi connectivity index (χ0) is 12.4. The summed E-state index contributed by atoms with van der Waals surface area (Å²) in [6, 6.07) is 9.07. The minimum Gasteiger partial charge on any atom is -0.374 e. The third-order valence-electron chi connectivity index (χ3n) is 3.70. The molecule has 1 unspecified atom stereocenters. The lowest BCUT2D eigenvalue weighted by molar-refractivity contribution is 0.474. The molecular formula is C15H20N2. The molecule has 17 heavy (non-hydrogen) atoms. The first-order valence-corrected chi connectivity index (χ1v) is 6.34. The first kappa shape index (κ1) is 12.0. The molecule has 1 aromatic rings. The van der Waals surface area contributed by atoms with Gasteiger partial charge in [0.2, 0.25) is 0 Å². The summed E-state index contributed by atoms with van der Waals surface area (Å²) < 4.78 is 0. The molecule has 1 aliphatic heterocycles. The van der Waals surface area contributed by atoms with Gasteiger partial charge in [-0.15, -0.1) is 0 Å². The van der Waals surface area contributed by atoms with Crippen molar-refractivity contribution in [3.63, 3.8) is 0 Å². The third kappa shape index (κ3) is 2.44.